The van der Waals surface area contributed by atoms with Crippen LogP contribution < -0.4 is 0 Å². The summed E-state index contributed by atoms with van der Waals surface area (Å²) in [5, 5.41) is 0. The highest BCUT2D eigenvalue weighted by Gasteiger charge is 2.19. The van der Waals surface area contributed by atoms with Gasteiger partial charge in [0.05, 0.1) is 0 Å². The molecule has 1 aromatic rings. The SMILES string of the molecule is BrC1CCN(Cc2cccnc2)C1. The predicted octanol–water partition coefficient (Wildman–Crippen LogP) is 2.05. The first-order valence-electron chi connectivity index (χ1n) is 4.60. The molecule has 1 aromatic heterocycles. The van der Waals surface area contributed by atoms with Gasteiger partial charge in [-0.2, -0.15) is 0 Å². The Bertz CT molecular complexity index is 263. The average Bonchev–Trinajstić information content (AvgIpc) is 2.53. The Morgan fingerprint density at radius 3 is 3.15 bits per heavy atom. The van der Waals surface area contributed by atoms with Gasteiger partial charge in [-0.3, -0.25) is 9.88 Å². The Kier molecular flexibility index (Phi) is 2.96. The smallest absolute Gasteiger partial charge is 0.0312 e. The zero-order valence-electron chi connectivity index (χ0n) is 7.49. The minimum Gasteiger partial charge on any atom is -0.298 e. The minimum atomic E-state index is 0.684. The average molecular weight is 241 g/mol. The molecule has 2 rings (SSSR count). The van der Waals surface area contributed by atoms with E-state index in [0.29, 0.717) is 4.83 Å². The third-order valence-electron chi connectivity index (χ3n) is 2.34. The maximum Gasteiger partial charge on any atom is 0.0312 e. The van der Waals surface area contributed by atoms with Crippen molar-refractivity contribution in [3.63, 3.8) is 0 Å². The van der Waals surface area contributed by atoms with Gasteiger partial charge in [-0.1, -0.05) is 22.0 Å². The number of alkyl halides is 1. The van der Waals surface area contributed by atoms with Gasteiger partial charge in [0.1, 0.15) is 0 Å². The molecule has 1 unspecified atom stereocenters. The van der Waals surface area contributed by atoms with Crippen LogP contribution in [0.1, 0.15) is 12.0 Å². The fraction of sp³-hybridized carbons (Fsp3) is 0.500. The largest absolute Gasteiger partial charge is 0.298 e. The first-order valence-corrected chi connectivity index (χ1v) is 5.51. The highest BCUT2D eigenvalue weighted by Crippen LogP contribution is 2.18. The molecule has 1 aliphatic heterocycles. The maximum atomic E-state index is 4.11. The van der Waals surface area contributed by atoms with Gasteiger partial charge in [0.2, 0.25) is 0 Å². The molecule has 70 valence electrons. The predicted molar refractivity (Wildman–Crippen MR) is 56.8 cm³/mol. The van der Waals surface area contributed by atoms with E-state index >= 15 is 0 Å². The fourth-order valence-corrected chi connectivity index (χ4v) is 2.29. The van der Waals surface area contributed by atoms with Crippen LogP contribution in [0, 0.1) is 0 Å². The first-order chi connectivity index (χ1) is 6.34. The number of likely N-dealkylation sites (tertiary alicyclic amines) is 1. The number of rotatable bonds is 2. The molecule has 1 saturated heterocycles. The van der Waals surface area contributed by atoms with E-state index in [1.807, 2.05) is 18.5 Å². The van der Waals surface area contributed by atoms with Crippen molar-refractivity contribution in [2.24, 2.45) is 0 Å². The van der Waals surface area contributed by atoms with Crippen molar-refractivity contribution in [3.05, 3.63) is 30.1 Å². The topological polar surface area (TPSA) is 16.1 Å². The van der Waals surface area contributed by atoms with Crippen molar-refractivity contribution in [3.8, 4) is 0 Å². The molecule has 0 amide bonds. The summed E-state index contributed by atoms with van der Waals surface area (Å²) in [6, 6.07) is 4.13. The summed E-state index contributed by atoms with van der Waals surface area (Å²) in [4.78, 5) is 7.25. The Hall–Kier alpha value is -0.410. The summed E-state index contributed by atoms with van der Waals surface area (Å²) in [5.41, 5.74) is 1.31. The first kappa shape index (κ1) is 9.16. The zero-order valence-corrected chi connectivity index (χ0v) is 9.07. The molecular formula is C10H13BrN2. The molecule has 1 atom stereocenters. The lowest BCUT2D eigenvalue weighted by Gasteiger charge is -2.14. The van der Waals surface area contributed by atoms with Crippen LogP contribution in [0.2, 0.25) is 0 Å². The van der Waals surface area contributed by atoms with Crippen LogP contribution in [0.5, 0.6) is 0 Å². The van der Waals surface area contributed by atoms with Gasteiger partial charge in [-0.15, -0.1) is 0 Å². The van der Waals surface area contributed by atoms with Crippen LogP contribution in [0.15, 0.2) is 24.5 Å². The van der Waals surface area contributed by atoms with Gasteiger partial charge in [0.15, 0.2) is 0 Å². The number of pyridine rings is 1. The van der Waals surface area contributed by atoms with Gasteiger partial charge in [-0.05, 0) is 24.6 Å². The van der Waals surface area contributed by atoms with Crippen LogP contribution >= 0.6 is 15.9 Å². The van der Waals surface area contributed by atoms with E-state index in [4.69, 9.17) is 0 Å². The van der Waals surface area contributed by atoms with Crippen LogP contribution in [0.3, 0.4) is 0 Å². The molecule has 0 bridgehead atoms. The second kappa shape index (κ2) is 4.20. The van der Waals surface area contributed by atoms with E-state index < -0.39 is 0 Å². The molecule has 13 heavy (non-hydrogen) atoms. The van der Waals surface area contributed by atoms with E-state index in [2.05, 4.69) is 31.9 Å². The molecule has 0 N–H and O–H groups in total. The Morgan fingerprint density at radius 1 is 1.62 bits per heavy atom. The van der Waals surface area contributed by atoms with Crippen LogP contribution in [0.4, 0.5) is 0 Å². The molecule has 0 spiro atoms. The molecule has 1 fully saturated rings. The molecule has 0 aliphatic carbocycles. The van der Waals surface area contributed by atoms with Crippen molar-refractivity contribution in [1.82, 2.24) is 9.88 Å². The third-order valence-corrected chi connectivity index (χ3v) is 3.09. The lowest BCUT2D eigenvalue weighted by molar-refractivity contribution is 0.332. The summed E-state index contributed by atoms with van der Waals surface area (Å²) < 4.78 is 0. The maximum absolute atomic E-state index is 4.11. The lowest BCUT2D eigenvalue weighted by atomic mass is 10.3. The summed E-state index contributed by atoms with van der Waals surface area (Å²) in [6.45, 7) is 3.40. The van der Waals surface area contributed by atoms with Crippen LogP contribution in [-0.4, -0.2) is 27.8 Å². The second-order valence-corrected chi connectivity index (χ2v) is 4.78. The molecule has 1 aliphatic rings. The number of halogens is 1. The summed E-state index contributed by atoms with van der Waals surface area (Å²) in [6.07, 6.45) is 5.03. The lowest BCUT2D eigenvalue weighted by Crippen LogP contribution is -2.20. The van der Waals surface area contributed by atoms with Crippen LogP contribution in [-0.2, 0) is 6.54 Å². The fourth-order valence-electron chi connectivity index (χ4n) is 1.68. The van der Waals surface area contributed by atoms with E-state index in [1.165, 1.54) is 18.5 Å². The van der Waals surface area contributed by atoms with Crippen molar-refractivity contribution < 1.29 is 0 Å². The van der Waals surface area contributed by atoms with Gasteiger partial charge in [0, 0.05) is 30.3 Å². The second-order valence-electron chi connectivity index (χ2n) is 3.48. The number of hydrogen-bond donors (Lipinski definition) is 0. The van der Waals surface area contributed by atoms with E-state index in [9.17, 15) is 0 Å². The quantitative estimate of drug-likeness (QED) is 0.736. The van der Waals surface area contributed by atoms with Gasteiger partial charge in [-0.25, -0.2) is 0 Å². The Balaban J connectivity index is 1.92. The number of aromatic nitrogens is 1. The highest BCUT2D eigenvalue weighted by atomic mass is 79.9. The standard InChI is InChI=1S/C10H13BrN2/c11-10-3-5-13(8-10)7-9-2-1-4-12-6-9/h1-2,4,6,10H,3,5,7-8H2. The molecule has 0 radical (unpaired) electrons. The molecule has 0 aromatic carbocycles. The summed E-state index contributed by atoms with van der Waals surface area (Å²) >= 11 is 3.63. The monoisotopic (exact) mass is 240 g/mol. The third kappa shape index (κ3) is 2.51. The van der Waals surface area contributed by atoms with Gasteiger partial charge < -0.3 is 0 Å². The van der Waals surface area contributed by atoms with Gasteiger partial charge in [0.25, 0.3) is 0 Å². The van der Waals surface area contributed by atoms with Crippen molar-refractivity contribution in [2.45, 2.75) is 17.8 Å². The molecule has 0 saturated carbocycles. The Labute approximate surface area is 87.1 Å². The summed E-state index contributed by atoms with van der Waals surface area (Å²) in [7, 11) is 0. The Morgan fingerprint density at radius 2 is 2.54 bits per heavy atom. The normalized spacial score (nSPS) is 23.6. The molecule has 2 heterocycles. The summed E-state index contributed by atoms with van der Waals surface area (Å²) in [5.74, 6) is 0. The van der Waals surface area contributed by atoms with Crippen LogP contribution in [0.25, 0.3) is 0 Å². The van der Waals surface area contributed by atoms with Crippen molar-refractivity contribution in [1.29, 1.82) is 0 Å². The van der Waals surface area contributed by atoms with E-state index in [1.54, 1.807) is 0 Å². The van der Waals surface area contributed by atoms with Crippen molar-refractivity contribution in [2.75, 3.05) is 13.1 Å². The number of hydrogen-bond acceptors (Lipinski definition) is 2. The molecule has 2 nitrogen and oxygen atoms in total. The highest BCUT2D eigenvalue weighted by molar-refractivity contribution is 9.09. The molecule has 3 heteroatoms. The van der Waals surface area contributed by atoms with Gasteiger partial charge >= 0.3 is 0 Å². The van der Waals surface area contributed by atoms with Crippen molar-refractivity contribution >= 4 is 15.9 Å². The molecular weight excluding hydrogens is 228 g/mol. The zero-order chi connectivity index (χ0) is 9.10. The van der Waals surface area contributed by atoms with E-state index in [0.717, 1.165) is 13.1 Å². The number of nitrogens with zero attached hydrogens (tertiary/aromatic N) is 2. The van der Waals surface area contributed by atoms with E-state index in [-0.39, 0.29) is 0 Å². The minimum absolute atomic E-state index is 0.684.